The fourth-order valence-corrected chi connectivity index (χ4v) is 2.94. The molecular formula is C18H24N2S. The lowest BCUT2D eigenvalue weighted by atomic mass is 10.2. The fourth-order valence-electron chi connectivity index (χ4n) is 2.04. The summed E-state index contributed by atoms with van der Waals surface area (Å²) in [5, 5.41) is 3.47. The van der Waals surface area contributed by atoms with Crippen LogP contribution in [0.4, 0.5) is 0 Å². The first-order chi connectivity index (χ1) is 10.2. The lowest BCUT2D eigenvalue weighted by molar-refractivity contribution is 0.552. The van der Waals surface area contributed by atoms with Gasteiger partial charge in [0.15, 0.2) is 0 Å². The Kier molecular flexibility index (Phi) is 6.77. The number of aromatic nitrogens is 1. The van der Waals surface area contributed by atoms with E-state index in [2.05, 4.69) is 54.5 Å². The second-order valence-corrected chi connectivity index (χ2v) is 6.80. The molecule has 0 unspecified atom stereocenters. The van der Waals surface area contributed by atoms with Crippen LogP contribution in [0.25, 0.3) is 0 Å². The normalized spacial score (nSPS) is 11.0. The van der Waals surface area contributed by atoms with Gasteiger partial charge in [-0.15, -0.1) is 11.8 Å². The Morgan fingerprint density at radius 1 is 1.10 bits per heavy atom. The highest BCUT2D eigenvalue weighted by atomic mass is 32.2. The zero-order valence-electron chi connectivity index (χ0n) is 12.9. The highest BCUT2D eigenvalue weighted by Crippen LogP contribution is 2.19. The van der Waals surface area contributed by atoms with Gasteiger partial charge in [-0.25, -0.2) is 0 Å². The van der Waals surface area contributed by atoms with Gasteiger partial charge in [0.05, 0.1) is 0 Å². The van der Waals surface area contributed by atoms with Gasteiger partial charge in [0.2, 0.25) is 0 Å². The van der Waals surface area contributed by atoms with Crippen LogP contribution in [-0.2, 0) is 13.0 Å². The third-order valence-electron chi connectivity index (χ3n) is 3.19. The minimum absolute atomic E-state index is 0.701. The van der Waals surface area contributed by atoms with E-state index in [0.29, 0.717) is 5.92 Å². The van der Waals surface area contributed by atoms with Gasteiger partial charge in [0, 0.05) is 29.6 Å². The van der Waals surface area contributed by atoms with Crippen LogP contribution in [0.15, 0.2) is 53.7 Å². The minimum Gasteiger partial charge on any atom is -0.312 e. The molecule has 1 aromatic heterocycles. The van der Waals surface area contributed by atoms with Crippen molar-refractivity contribution in [3.8, 4) is 0 Å². The first-order valence-corrected chi connectivity index (χ1v) is 8.54. The van der Waals surface area contributed by atoms with Crippen LogP contribution in [0.5, 0.6) is 0 Å². The largest absolute Gasteiger partial charge is 0.312 e. The van der Waals surface area contributed by atoms with E-state index in [1.165, 1.54) is 16.0 Å². The second kappa shape index (κ2) is 8.85. The minimum atomic E-state index is 0.701. The van der Waals surface area contributed by atoms with Gasteiger partial charge in [-0.05, 0) is 48.2 Å². The fraction of sp³-hybridized carbons (Fsp3) is 0.389. The Morgan fingerprint density at radius 2 is 1.90 bits per heavy atom. The molecule has 0 aliphatic carbocycles. The van der Waals surface area contributed by atoms with Crippen molar-refractivity contribution in [1.29, 1.82) is 0 Å². The Balaban J connectivity index is 1.72. The summed E-state index contributed by atoms with van der Waals surface area (Å²) in [4.78, 5) is 5.49. The lowest BCUT2D eigenvalue weighted by Crippen LogP contribution is -2.18. The zero-order chi connectivity index (χ0) is 14.9. The molecule has 0 saturated heterocycles. The molecule has 0 amide bonds. The lowest BCUT2D eigenvalue weighted by Gasteiger charge is -2.08. The first kappa shape index (κ1) is 16.1. The van der Waals surface area contributed by atoms with E-state index in [9.17, 15) is 0 Å². The van der Waals surface area contributed by atoms with Gasteiger partial charge in [-0.3, -0.25) is 4.98 Å². The molecular weight excluding hydrogens is 276 g/mol. The quantitative estimate of drug-likeness (QED) is 0.741. The maximum absolute atomic E-state index is 4.15. The molecule has 2 aromatic rings. The van der Waals surface area contributed by atoms with E-state index in [1.54, 1.807) is 0 Å². The molecule has 1 N–H and O–H groups in total. The molecule has 21 heavy (non-hydrogen) atoms. The number of nitrogens with one attached hydrogen (secondary N) is 1. The van der Waals surface area contributed by atoms with Gasteiger partial charge in [0.1, 0.15) is 0 Å². The summed E-state index contributed by atoms with van der Waals surface area (Å²) in [5.74, 6) is 1.80. The molecule has 0 aliphatic rings. The SMILES string of the molecule is CC(C)CNCc1ccc(SCCc2cccnc2)cc1. The Hall–Kier alpha value is -1.32. The molecule has 0 saturated carbocycles. The van der Waals surface area contributed by atoms with Crippen molar-refractivity contribution >= 4 is 11.8 Å². The molecule has 112 valence electrons. The number of nitrogens with zero attached hydrogens (tertiary/aromatic N) is 1. The number of hydrogen-bond donors (Lipinski definition) is 1. The molecule has 1 heterocycles. The van der Waals surface area contributed by atoms with Crippen LogP contribution in [0.2, 0.25) is 0 Å². The monoisotopic (exact) mass is 300 g/mol. The van der Waals surface area contributed by atoms with Crippen molar-refractivity contribution in [1.82, 2.24) is 10.3 Å². The smallest absolute Gasteiger partial charge is 0.0300 e. The molecule has 3 heteroatoms. The number of thioether (sulfide) groups is 1. The van der Waals surface area contributed by atoms with Gasteiger partial charge >= 0.3 is 0 Å². The molecule has 2 nitrogen and oxygen atoms in total. The van der Waals surface area contributed by atoms with Crippen molar-refractivity contribution in [2.45, 2.75) is 31.7 Å². The highest BCUT2D eigenvalue weighted by molar-refractivity contribution is 7.99. The number of aryl methyl sites for hydroxylation is 1. The van der Waals surface area contributed by atoms with Gasteiger partial charge in [-0.2, -0.15) is 0 Å². The maximum atomic E-state index is 4.15. The predicted molar refractivity (Wildman–Crippen MR) is 91.7 cm³/mol. The van der Waals surface area contributed by atoms with Crippen molar-refractivity contribution in [2.75, 3.05) is 12.3 Å². The standard InChI is InChI=1S/C18H24N2S/c1-15(2)12-20-14-17-5-7-18(8-6-17)21-11-9-16-4-3-10-19-13-16/h3-8,10,13,15,20H,9,11-12,14H2,1-2H3. The molecule has 0 spiro atoms. The first-order valence-electron chi connectivity index (χ1n) is 7.55. The Morgan fingerprint density at radius 3 is 2.57 bits per heavy atom. The number of pyridine rings is 1. The van der Waals surface area contributed by atoms with E-state index in [4.69, 9.17) is 0 Å². The van der Waals surface area contributed by atoms with Crippen LogP contribution < -0.4 is 5.32 Å². The van der Waals surface area contributed by atoms with E-state index < -0.39 is 0 Å². The van der Waals surface area contributed by atoms with Crippen LogP contribution >= 0.6 is 11.8 Å². The third kappa shape index (κ3) is 6.32. The van der Waals surface area contributed by atoms with E-state index in [0.717, 1.165) is 25.3 Å². The molecule has 2 rings (SSSR count). The highest BCUT2D eigenvalue weighted by Gasteiger charge is 1.98. The van der Waals surface area contributed by atoms with Crippen molar-refractivity contribution in [3.63, 3.8) is 0 Å². The molecule has 0 radical (unpaired) electrons. The molecule has 0 bridgehead atoms. The van der Waals surface area contributed by atoms with Gasteiger partial charge in [-0.1, -0.05) is 32.0 Å². The summed E-state index contributed by atoms with van der Waals surface area (Å²) >= 11 is 1.90. The predicted octanol–water partition coefficient (Wildman–Crippen LogP) is 4.16. The molecule has 0 atom stereocenters. The van der Waals surface area contributed by atoms with Gasteiger partial charge < -0.3 is 5.32 Å². The summed E-state index contributed by atoms with van der Waals surface area (Å²) in [7, 11) is 0. The summed E-state index contributed by atoms with van der Waals surface area (Å²) in [6, 6.07) is 13.0. The summed E-state index contributed by atoms with van der Waals surface area (Å²) in [6.45, 7) is 6.49. The van der Waals surface area contributed by atoms with Crippen molar-refractivity contribution < 1.29 is 0 Å². The second-order valence-electron chi connectivity index (χ2n) is 5.63. The number of benzene rings is 1. The number of hydrogen-bond acceptors (Lipinski definition) is 3. The van der Waals surface area contributed by atoms with Crippen molar-refractivity contribution in [2.24, 2.45) is 5.92 Å². The van der Waals surface area contributed by atoms with Crippen LogP contribution in [-0.4, -0.2) is 17.3 Å². The summed E-state index contributed by atoms with van der Waals surface area (Å²) in [6.07, 6.45) is 4.84. The summed E-state index contributed by atoms with van der Waals surface area (Å²) < 4.78 is 0. The maximum Gasteiger partial charge on any atom is 0.0300 e. The van der Waals surface area contributed by atoms with Crippen molar-refractivity contribution in [3.05, 3.63) is 59.9 Å². The Labute approximate surface area is 132 Å². The third-order valence-corrected chi connectivity index (χ3v) is 4.20. The Bertz CT molecular complexity index is 509. The average molecular weight is 300 g/mol. The molecule has 0 fully saturated rings. The van der Waals surface area contributed by atoms with E-state index in [1.807, 2.05) is 30.2 Å². The molecule has 0 aliphatic heterocycles. The van der Waals surface area contributed by atoms with E-state index in [-0.39, 0.29) is 0 Å². The van der Waals surface area contributed by atoms with Crippen LogP contribution in [0.3, 0.4) is 0 Å². The average Bonchev–Trinajstić information content (AvgIpc) is 2.50. The van der Waals surface area contributed by atoms with Crippen LogP contribution in [0.1, 0.15) is 25.0 Å². The number of rotatable bonds is 8. The van der Waals surface area contributed by atoms with E-state index >= 15 is 0 Å². The molecule has 1 aromatic carbocycles. The zero-order valence-corrected chi connectivity index (χ0v) is 13.7. The van der Waals surface area contributed by atoms with Crippen LogP contribution in [0, 0.1) is 5.92 Å². The topological polar surface area (TPSA) is 24.9 Å². The van der Waals surface area contributed by atoms with Gasteiger partial charge in [0.25, 0.3) is 0 Å². The summed E-state index contributed by atoms with van der Waals surface area (Å²) in [5.41, 5.74) is 2.66.